The first-order chi connectivity index (χ1) is 9.08. The van der Waals surface area contributed by atoms with Gasteiger partial charge in [0.05, 0.1) is 18.6 Å². The van der Waals surface area contributed by atoms with Gasteiger partial charge in [-0.15, -0.1) is 0 Å². The number of amides is 1. The van der Waals surface area contributed by atoms with Gasteiger partial charge >= 0.3 is 0 Å². The molecule has 0 N–H and O–H groups in total. The summed E-state index contributed by atoms with van der Waals surface area (Å²) in [4.78, 5) is 14.6. The van der Waals surface area contributed by atoms with E-state index in [1.54, 1.807) is 12.0 Å². The van der Waals surface area contributed by atoms with Gasteiger partial charge in [-0.2, -0.15) is 0 Å². The van der Waals surface area contributed by atoms with E-state index < -0.39 is 0 Å². The highest BCUT2D eigenvalue weighted by Gasteiger charge is 2.36. The average molecular weight is 275 g/mol. The van der Waals surface area contributed by atoms with Crippen LogP contribution in [0.15, 0.2) is 35.9 Å². The number of ether oxygens (including phenoxy) is 1. The molecule has 100 valence electrons. The third-order valence-electron chi connectivity index (χ3n) is 3.41. The minimum atomic E-state index is 0.0239. The van der Waals surface area contributed by atoms with Crippen molar-refractivity contribution in [3.63, 3.8) is 0 Å². The number of likely N-dealkylation sites (tertiary alicyclic amines) is 1. The fourth-order valence-electron chi connectivity index (χ4n) is 2.24. The molecule has 0 spiro atoms. The zero-order valence-corrected chi connectivity index (χ0v) is 12.2. The first-order valence-corrected chi connectivity index (χ1v) is 6.64. The number of methoxy groups -OCH3 is 1. The van der Waals surface area contributed by atoms with Crippen molar-refractivity contribution in [3.05, 3.63) is 41.5 Å². The number of hydrogen-bond acceptors (Lipinski definition) is 3. The maximum atomic E-state index is 12.2. The molecule has 1 aliphatic rings. The molecule has 19 heavy (non-hydrogen) atoms. The van der Waals surface area contributed by atoms with Crippen molar-refractivity contribution in [2.45, 2.75) is 20.4 Å². The lowest BCUT2D eigenvalue weighted by molar-refractivity contribution is -0.122. The highest BCUT2D eigenvalue weighted by Crippen LogP contribution is 2.28. The molecule has 4 heteroatoms. The van der Waals surface area contributed by atoms with Gasteiger partial charge in [-0.25, -0.2) is 0 Å². The third-order valence-corrected chi connectivity index (χ3v) is 3.98. The van der Waals surface area contributed by atoms with Crippen molar-refractivity contribution in [1.82, 2.24) is 4.90 Å². The number of thiocarbonyl (C=S) groups is 1. The number of hydrogen-bond donors (Lipinski definition) is 0. The summed E-state index contributed by atoms with van der Waals surface area (Å²) in [5, 5.41) is 0. The lowest BCUT2D eigenvalue weighted by Crippen LogP contribution is -2.28. The average Bonchev–Trinajstić information content (AvgIpc) is 2.63. The third kappa shape index (κ3) is 2.54. The molecule has 0 aromatic heterocycles. The van der Waals surface area contributed by atoms with E-state index in [-0.39, 0.29) is 11.8 Å². The van der Waals surface area contributed by atoms with Crippen LogP contribution in [0.4, 0.5) is 0 Å². The molecule has 1 atom stereocenters. The number of carbonyl (C=O) groups excluding carboxylic acids is 1. The van der Waals surface area contributed by atoms with E-state index >= 15 is 0 Å². The van der Waals surface area contributed by atoms with Gasteiger partial charge in [0, 0.05) is 11.5 Å². The summed E-state index contributed by atoms with van der Waals surface area (Å²) in [6, 6.07) is 7.68. The van der Waals surface area contributed by atoms with Crippen LogP contribution >= 0.6 is 12.2 Å². The molecule has 1 amide bonds. The molecule has 0 bridgehead atoms. The Morgan fingerprint density at radius 3 is 2.47 bits per heavy atom. The molecular weight excluding hydrogens is 258 g/mol. The number of nitrogens with zero attached hydrogens (tertiary/aromatic N) is 1. The summed E-state index contributed by atoms with van der Waals surface area (Å²) in [5.41, 5.74) is 1.83. The lowest BCUT2D eigenvalue weighted by Gasteiger charge is -2.16. The molecule has 1 aromatic carbocycles. The van der Waals surface area contributed by atoms with E-state index in [2.05, 4.69) is 0 Å². The van der Waals surface area contributed by atoms with Crippen molar-refractivity contribution < 1.29 is 9.53 Å². The summed E-state index contributed by atoms with van der Waals surface area (Å²) in [7, 11) is 1.63. The minimum absolute atomic E-state index is 0.0239. The van der Waals surface area contributed by atoms with Crippen LogP contribution in [-0.4, -0.2) is 22.9 Å². The fraction of sp³-hybridized carbons (Fsp3) is 0.333. The second kappa shape index (κ2) is 5.53. The molecular formula is C15H17NO2S. The van der Waals surface area contributed by atoms with E-state index in [1.807, 2.05) is 44.2 Å². The number of rotatable bonds is 3. The highest BCUT2D eigenvalue weighted by atomic mass is 32.1. The van der Waals surface area contributed by atoms with Crippen LogP contribution in [0.1, 0.15) is 19.4 Å². The summed E-state index contributed by atoms with van der Waals surface area (Å²) in [5.74, 6) is 0.864. The zero-order chi connectivity index (χ0) is 14.0. The Morgan fingerprint density at radius 2 is 2.00 bits per heavy atom. The summed E-state index contributed by atoms with van der Waals surface area (Å²) >= 11 is 5.37. The Labute approximate surface area is 118 Å². The van der Waals surface area contributed by atoms with Gasteiger partial charge in [-0.3, -0.25) is 9.69 Å². The van der Waals surface area contributed by atoms with E-state index in [0.717, 1.165) is 16.9 Å². The molecule has 2 rings (SSSR count). The van der Waals surface area contributed by atoms with Crippen LogP contribution in [0.5, 0.6) is 5.75 Å². The maximum absolute atomic E-state index is 12.2. The largest absolute Gasteiger partial charge is 0.497 e. The maximum Gasteiger partial charge on any atom is 0.255 e. The molecule has 3 nitrogen and oxygen atoms in total. The van der Waals surface area contributed by atoms with Crippen molar-refractivity contribution in [2.75, 3.05) is 7.11 Å². The Hall–Kier alpha value is -1.68. The predicted octanol–water partition coefficient (Wildman–Crippen LogP) is 2.95. The van der Waals surface area contributed by atoms with Crippen LogP contribution < -0.4 is 4.74 Å². The van der Waals surface area contributed by atoms with Gasteiger partial charge in [0.15, 0.2) is 0 Å². The molecule has 1 heterocycles. The first kappa shape index (κ1) is 13.7. The Kier molecular flexibility index (Phi) is 4.00. The lowest BCUT2D eigenvalue weighted by atomic mass is 10.1. The van der Waals surface area contributed by atoms with Crippen LogP contribution in [-0.2, 0) is 11.3 Å². The Morgan fingerprint density at radius 1 is 1.37 bits per heavy atom. The van der Waals surface area contributed by atoms with Gasteiger partial charge < -0.3 is 4.74 Å². The molecule has 1 aromatic rings. The molecule has 0 saturated carbocycles. The van der Waals surface area contributed by atoms with E-state index in [0.29, 0.717) is 11.5 Å². The highest BCUT2D eigenvalue weighted by molar-refractivity contribution is 7.80. The normalized spacial score (nSPS) is 21.3. The van der Waals surface area contributed by atoms with Crippen molar-refractivity contribution >= 4 is 23.1 Å². The minimum Gasteiger partial charge on any atom is -0.497 e. The Bertz CT molecular complexity index is 534. The number of carbonyl (C=O) groups is 1. The SMILES string of the molecule is C/C=C1/C(=O)N(Cc2ccc(OC)cc2)C(=S)C1C. The van der Waals surface area contributed by atoms with Gasteiger partial charge in [-0.1, -0.05) is 37.4 Å². The van der Waals surface area contributed by atoms with Crippen LogP contribution in [0.25, 0.3) is 0 Å². The monoisotopic (exact) mass is 275 g/mol. The molecule has 1 saturated heterocycles. The number of benzene rings is 1. The van der Waals surface area contributed by atoms with Crippen molar-refractivity contribution in [2.24, 2.45) is 5.92 Å². The fourth-order valence-corrected chi connectivity index (χ4v) is 2.52. The van der Waals surface area contributed by atoms with Gasteiger partial charge in [0.1, 0.15) is 5.75 Å². The smallest absolute Gasteiger partial charge is 0.255 e. The quantitative estimate of drug-likeness (QED) is 0.627. The standard InChI is InChI=1S/C15H17NO2S/c1-4-13-10(2)15(19)16(14(13)17)9-11-5-7-12(18-3)8-6-11/h4-8,10H,9H2,1-3H3/b13-4+. The van der Waals surface area contributed by atoms with Crippen molar-refractivity contribution in [1.29, 1.82) is 0 Å². The Balaban J connectivity index is 2.18. The topological polar surface area (TPSA) is 29.5 Å². The van der Waals surface area contributed by atoms with Gasteiger partial charge in [-0.05, 0) is 24.6 Å². The molecule has 0 radical (unpaired) electrons. The summed E-state index contributed by atoms with van der Waals surface area (Å²) in [6.07, 6.45) is 1.85. The predicted molar refractivity (Wildman–Crippen MR) is 79.1 cm³/mol. The summed E-state index contributed by atoms with van der Waals surface area (Å²) in [6.45, 7) is 4.37. The second-order valence-electron chi connectivity index (χ2n) is 4.54. The van der Waals surface area contributed by atoms with E-state index in [4.69, 9.17) is 17.0 Å². The van der Waals surface area contributed by atoms with Gasteiger partial charge in [0.25, 0.3) is 5.91 Å². The molecule has 0 aliphatic carbocycles. The van der Waals surface area contributed by atoms with Crippen LogP contribution in [0.2, 0.25) is 0 Å². The molecule has 1 aliphatic heterocycles. The molecule has 1 fully saturated rings. The van der Waals surface area contributed by atoms with E-state index in [9.17, 15) is 4.79 Å². The van der Waals surface area contributed by atoms with Gasteiger partial charge in [0.2, 0.25) is 0 Å². The zero-order valence-electron chi connectivity index (χ0n) is 11.3. The molecule has 1 unspecified atom stereocenters. The van der Waals surface area contributed by atoms with Crippen LogP contribution in [0, 0.1) is 5.92 Å². The first-order valence-electron chi connectivity index (χ1n) is 6.23. The second-order valence-corrected chi connectivity index (χ2v) is 4.96. The van der Waals surface area contributed by atoms with E-state index in [1.165, 1.54) is 0 Å². The number of allylic oxidation sites excluding steroid dienone is 1. The summed E-state index contributed by atoms with van der Waals surface area (Å²) < 4.78 is 5.12. The van der Waals surface area contributed by atoms with Crippen molar-refractivity contribution in [3.8, 4) is 5.75 Å². The van der Waals surface area contributed by atoms with Crippen LogP contribution in [0.3, 0.4) is 0 Å².